The molecule has 1 atom stereocenters. The quantitative estimate of drug-likeness (QED) is 0.736. The number of anilines is 1. The molecule has 0 radical (unpaired) electrons. The molecule has 1 aromatic heterocycles. The Hall–Kier alpha value is -1.28. The van der Waals surface area contributed by atoms with Crippen molar-refractivity contribution in [3.8, 4) is 0 Å². The second-order valence-corrected chi connectivity index (χ2v) is 4.17. The van der Waals surface area contributed by atoms with Crippen LogP contribution in [0.25, 0.3) is 0 Å². The van der Waals surface area contributed by atoms with E-state index >= 15 is 0 Å². The van der Waals surface area contributed by atoms with Gasteiger partial charge in [-0.05, 0) is 6.92 Å². The van der Waals surface area contributed by atoms with Crippen LogP contribution in [-0.2, 0) is 4.79 Å². The second-order valence-electron chi connectivity index (χ2n) is 3.31. The minimum Gasteiger partial charge on any atom is -0.479 e. The Balaban J connectivity index is 2.58. The maximum absolute atomic E-state index is 12.2. The van der Waals surface area contributed by atoms with Gasteiger partial charge in [0.2, 0.25) is 0 Å². The first-order valence-electron chi connectivity index (χ1n) is 4.26. The van der Waals surface area contributed by atoms with Gasteiger partial charge in [0.15, 0.2) is 10.7 Å². The van der Waals surface area contributed by atoms with Crippen LogP contribution in [0.5, 0.6) is 0 Å². The Morgan fingerprint density at radius 1 is 1.75 bits per heavy atom. The van der Waals surface area contributed by atoms with Gasteiger partial charge in [-0.15, -0.1) is 11.3 Å². The van der Waals surface area contributed by atoms with Crippen LogP contribution in [0.3, 0.4) is 0 Å². The summed E-state index contributed by atoms with van der Waals surface area (Å²) >= 11 is 0.924. The van der Waals surface area contributed by atoms with Crippen LogP contribution in [-0.4, -0.2) is 33.3 Å². The Morgan fingerprint density at radius 2 is 2.38 bits per heavy atom. The number of hydrogen-bond donors (Lipinski definition) is 3. The molecule has 0 aliphatic rings. The van der Waals surface area contributed by atoms with Gasteiger partial charge in [-0.3, -0.25) is 0 Å². The van der Waals surface area contributed by atoms with Gasteiger partial charge < -0.3 is 15.5 Å². The second kappa shape index (κ2) is 4.71. The summed E-state index contributed by atoms with van der Waals surface area (Å²) in [5.74, 6) is -1.40. The summed E-state index contributed by atoms with van der Waals surface area (Å²) in [6.07, 6.45) is -2.66. The van der Waals surface area contributed by atoms with E-state index in [1.54, 1.807) is 0 Å². The number of carbonyl (C=O) groups is 1. The fourth-order valence-electron chi connectivity index (χ4n) is 0.791. The third-order valence-corrected chi connectivity index (χ3v) is 2.61. The minimum absolute atomic E-state index is 0.150. The molecule has 0 aliphatic heterocycles. The lowest BCUT2D eigenvalue weighted by atomic mass is 10.1. The molecule has 8 heteroatoms. The number of carboxylic acid groups (broad SMARTS) is 1. The highest BCUT2D eigenvalue weighted by Gasteiger charge is 2.29. The van der Waals surface area contributed by atoms with Gasteiger partial charge in [-0.25, -0.2) is 18.6 Å². The SMILES string of the molecule is CC(O)(CNc1nc(C(F)F)cs1)C(=O)O. The molecule has 0 saturated heterocycles. The molecule has 1 heterocycles. The number of nitrogens with one attached hydrogen (secondary N) is 1. The first-order chi connectivity index (χ1) is 7.33. The van der Waals surface area contributed by atoms with Crippen molar-refractivity contribution < 1.29 is 23.8 Å². The molecule has 1 aromatic rings. The molecule has 3 N–H and O–H groups in total. The first-order valence-corrected chi connectivity index (χ1v) is 5.14. The van der Waals surface area contributed by atoms with Gasteiger partial charge in [0.05, 0.1) is 6.54 Å². The maximum Gasteiger partial charge on any atom is 0.337 e. The molecule has 0 saturated carbocycles. The molecule has 0 aromatic carbocycles. The van der Waals surface area contributed by atoms with Crippen LogP contribution in [0.15, 0.2) is 5.38 Å². The van der Waals surface area contributed by atoms with E-state index in [0.717, 1.165) is 18.3 Å². The number of aromatic nitrogens is 1. The Kier molecular flexibility index (Phi) is 3.76. The molecule has 0 bridgehead atoms. The number of aliphatic hydroxyl groups is 1. The highest BCUT2D eigenvalue weighted by Crippen LogP contribution is 2.24. The van der Waals surface area contributed by atoms with Gasteiger partial charge in [0.1, 0.15) is 5.69 Å². The van der Waals surface area contributed by atoms with Gasteiger partial charge in [-0.2, -0.15) is 0 Å². The van der Waals surface area contributed by atoms with Crippen LogP contribution in [0.1, 0.15) is 19.0 Å². The predicted molar refractivity (Wildman–Crippen MR) is 53.8 cm³/mol. The van der Waals surface area contributed by atoms with E-state index in [1.807, 2.05) is 0 Å². The summed E-state index contributed by atoms with van der Waals surface area (Å²) in [7, 11) is 0. The zero-order valence-corrected chi connectivity index (χ0v) is 9.09. The summed E-state index contributed by atoms with van der Waals surface area (Å²) in [5.41, 5.74) is -2.33. The Bertz CT molecular complexity index is 381. The lowest BCUT2D eigenvalue weighted by Gasteiger charge is -2.17. The molecule has 16 heavy (non-hydrogen) atoms. The highest BCUT2D eigenvalue weighted by atomic mass is 32.1. The minimum atomic E-state index is -2.66. The van der Waals surface area contributed by atoms with E-state index in [0.29, 0.717) is 0 Å². The zero-order chi connectivity index (χ0) is 12.3. The van der Waals surface area contributed by atoms with Crippen molar-refractivity contribution >= 4 is 22.4 Å². The number of halogens is 2. The van der Waals surface area contributed by atoms with Gasteiger partial charge in [0, 0.05) is 5.38 Å². The van der Waals surface area contributed by atoms with Crippen LogP contribution in [0.4, 0.5) is 13.9 Å². The molecule has 0 spiro atoms. The molecule has 0 fully saturated rings. The molecule has 1 rings (SSSR count). The van der Waals surface area contributed by atoms with Crippen molar-refractivity contribution in [2.75, 3.05) is 11.9 Å². The van der Waals surface area contributed by atoms with E-state index in [-0.39, 0.29) is 17.4 Å². The van der Waals surface area contributed by atoms with E-state index in [1.165, 1.54) is 5.38 Å². The summed E-state index contributed by atoms with van der Waals surface area (Å²) in [4.78, 5) is 14.1. The van der Waals surface area contributed by atoms with Crippen LogP contribution >= 0.6 is 11.3 Å². The van der Waals surface area contributed by atoms with E-state index in [9.17, 15) is 18.7 Å². The molecule has 5 nitrogen and oxygen atoms in total. The number of aliphatic carboxylic acids is 1. The lowest BCUT2D eigenvalue weighted by Crippen LogP contribution is -2.41. The van der Waals surface area contributed by atoms with Crippen molar-refractivity contribution in [2.24, 2.45) is 0 Å². The fourth-order valence-corrected chi connectivity index (χ4v) is 1.49. The van der Waals surface area contributed by atoms with Crippen molar-refractivity contribution in [1.82, 2.24) is 4.98 Å². The van der Waals surface area contributed by atoms with Crippen LogP contribution in [0, 0.1) is 0 Å². The smallest absolute Gasteiger partial charge is 0.337 e. The summed E-state index contributed by atoms with van der Waals surface area (Å²) in [6, 6.07) is 0. The van der Waals surface area contributed by atoms with Gasteiger partial charge in [-0.1, -0.05) is 0 Å². The number of thiazole rings is 1. The zero-order valence-electron chi connectivity index (χ0n) is 8.28. The molecule has 0 amide bonds. The van der Waals surface area contributed by atoms with Crippen molar-refractivity contribution in [3.63, 3.8) is 0 Å². The van der Waals surface area contributed by atoms with Crippen LogP contribution < -0.4 is 5.32 Å². The average molecular weight is 252 g/mol. The average Bonchev–Trinajstić information content (AvgIpc) is 2.63. The third kappa shape index (κ3) is 3.11. The topological polar surface area (TPSA) is 82.5 Å². The third-order valence-electron chi connectivity index (χ3n) is 1.79. The summed E-state index contributed by atoms with van der Waals surface area (Å²) in [5, 5.41) is 21.7. The van der Waals surface area contributed by atoms with Crippen LogP contribution in [0.2, 0.25) is 0 Å². The van der Waals surface area contributed by atoms with Gasteiger partial charge in [0.25, 0.3) is 6.43 Å². The number of hydrogen-bond acceptors (Lipinski definition) is 5. The summed E-state index contributed by atoms with van der Waals surface area (Å²) < 4.78 is 24.3. The molecular weight excluding hydrogens is 242 g/mol. The number of nitrogens with zero attached hydrogens (tertiary/aromatic N) is 1. The van der Waals surface area contributed by atoms with Crippen molar-refractivity contribution in [1.29, 1.82) is 0 Å². The van der Waals surface area contributed by atoms with Crippen molar-refractivity contribution in [3.05, 3.63) is 11.1 Å². The molecule has 1 unspecified atom stereocenters. The van der Waals surface area contributed by atoms with E-state index in [2.05, 4.69) is 10.3 Å². The maximum atomic E-state index is 12.2. The van der Waals surface area contributed by atoms with E-state index < -0.39 is 18.0 Å². The Labute approximate surface area is 93.7 Å². The lowest BCUT2D eigenvalue weighted by molar-refractivity contribution is -0.155. The largest absolute Gasteiger partial charge is 0.479 e. The first kappa shape index (κ1) is 12.8. The van der Waals surface area contributed by atoms with Gasteiger partial charge >= 0.3 is 5.97 Å². The summed E-state index contributed by atoms with van der Waals surface area (Å²) in [6.45, 7) is 0.794. The predicted octanol–water partition coefficient (Wildman–Crippen LogP) is 1.33. The molecule has 0 aliphatic carbocycles. The molecule has 90 valence electrons. The Morgan fingerprint density at radius 3 is 2.81 bits per heavy atom. The molecular formula is C8H10F2N2O3S. The van der Waals surface area contributed by atoms with E-state index in [4.69, 9.17) is 5.11 Å². The number of alkyl halides is 2. The van der Waals surface area contributed by atoms with Crippen molar-refractivity contribution in [2.45, 2.75) is 19.0 Å². The standard InChI is InChI=1S/C8H10F2N2O3S/c1-8(15,6(13)14)3-11-7-12-4(2-16-7)5(9)10/h2,5,15H,3H2,1H3,(H,11,12)(H,13,14). The highest BCUT2D eigenvalue weighted by molar-refractivity contribution is 7.13. The number of rotatable bonds is 5. The fraction of sp³-hybridized carbons (Fsp3) is 0.500. The monoisotopic (exact) mass is 252 g/mol. The number of carboxylic acids is 1. The normalized spacial score (nSPS) is 14.8.